The van der Waals surface area contributed by atoms with E-state index in [4.69, 9.17) is 22.1 Å². The SMILES string of the molecule is Nc1nc(-c2ccc(F)c(Cl)c2)nc(N2CCOCC2)n1. The van der Waals surface area contributed by atoms with Gasteiger partial charge in [-0.3, -0.25) is 0 Å². The molecule has 2 aromatic rings. The minimum Gasteiger partial charge on any atom is -0.378 e. The predicted molar refractivity (Wildman–Crippen MR) is 77.7 cm³/mol. The van der Waals surface area contributed by atoms with E-state index >= 15 is 0 Å². The third-order valence-electron chi connectivity index (χ3n) is 3.11. The number of aromatic nitrogens is 3. The zero-order valence-electron chi connectivity index (χ0n) is 11.1. The number of benzene rings is 1. The first-order chi connectivity index (χ1) is 10.1. The Labute approximate surface area is 125 Å². The molecule has 0 bridgehead atoms. The van der Waals surface area contributed by atoms with Gasteiger partial charge >= 0.3 is 0 Å². The van der Waals surface area contributed by atoms with Crippen molar-refractivity contribution < 1.29 is 9.13 Å². The summed E-state index contributed by atoms with van der Waals surface area (Å²) < 4.78 is 18.5. The Kier molecular flexibility index (Phi) is 3.85. The van der Waals surface area contributed by atoms with E-state index in [1.807, 2.05) is 4.90 Å². The molecule has 1 fully saturated rings. The van der Waals surface area contributed by atoms with Gasteiger partial charge in [0.25, 0.3) is 0 Å². The maximum atomic E-state index is 13.2. The van der Waals surface area contributed by atoms with Gasteiger partial charge in [0.15, 0.2) is 5.82 Å². The highest BCUT2D eigenvalue weighted by atomic mass is 35.5. The number of ether oxygens (including phenoxy) is 1. The van der Waals surface area contributed by atoms with Gasteiger partial charge < -0.3 is 15.4 Å². The molecular formula is C13H13ClFN5O. The van der Waals surface area contributed by atoms with Crippen LogP contribution in [0.25, 0.3) is 11.4 Å². The predicted octanol–water partition coefficient (Wildman–Crippen LogP) is 1.75. The standard InChI is InChI=1S/C13H13ClFN5O/c14-9-7-8(1-2-10(9)15)11-17-12(16)19-13(18-11)20-3-5-21-6-4-20/h1-2,7H,3-6H2,(H2,16,17,18,19). The maximum Gasteiger partial charge on any atom is 0.230 e. The molecule has 3 rings (SSSR count). The molecule has 21 heavy (non-hydrogen) atoms. The van der Waals surface area contributed by atoms with Gasteiger partial charge in [-0.25, -0.2) is 4.39 Å². The van der Waals surface area contributed by atoms with Crippen LogP contribution in [0, 0.1) is 5.82 Å². The normalized spacial score (nSPS) is 15.2. The van der Waals surface area contributed by atoms with Gasteiger partial charge in [-0.15, -0.1) is 0 Å². The fourth-order valence-electron chi connectivity index (χ4n) is 2.05. The van der Waals surface area contributed by atoms with Crippen molar-refractivity contribution in [3.63, 3.8) is 0 Å². The van der Waals surface area contributed by atoms with Gasteiger partial charge in [0.05, 0.1) is 18.2 Å². The highest BCUT2D eigenvalue weighted by Gasteiger charge is 2.16. The zero-order chi connectivity index (χ0) is 14.8. The van der Waals surface area contributed by atoms with Crippen LogP contribution in [0.3, 0.4) is 0 Å². The Balaban J connectivity index is 1.98. The summed E-state index contributed by atoms with van der Waals surface area (Å²) in [6, 6.07) is 4.29. The van der Waals surface area contributed by atoms with Crippen LogP contribution in [0.2, 0.25) is 5.02 Å². The second-order valence-corrected chi connectivity index (χ2v) is 4.95. The first kappa shape index (κ1) is 14.0. The zero-order valence-corrected chi connectivity index (χ0v) is 11.8. The minimum atomic E-state index is -0.490. The Bertz CT molecular complexity index is 663. The lowest BCUT2D eigenvalue weighted by Gasteiger charge is -2.26. The Hall–Kier alpha value is -1.99. The van der Waals surface area contributed by atoms with E-state index in [1.54, 1.807) is 6.07 Å². The monoisotopic (exact) mass is 309 g/mol. The topological polar surface area (TPSA) is 77.2 Å². The van der Waals surface area contributed by atoms with Gasteiger partial charge in [0.2, 0.25) is 11.9 Å². The molecule has 2 heterocycles. The van der Waals surface area contributed by atoms with Crippen LogP contribution in [0.1, 0.15) is 0 Å². The van der Waals surface area contributed by atoms with Gasteiger partial charge in [-0.1, -0.05) is 11.6 Å². The molecule has 1 saturated heterocycles. The Morgan fingerprint density at radius 2 is 1.95 bits per heavy atom. The second-order valence-electron chi connectivity index (χ2n) is 4.55. The summed E-state index contributed by atoms with van der Waals surface area (Å²) >= 11 is 5.79. The summed E-state index contributed by atoms with van der Waals surface area (Å²) in [7, 11) is 0. The minimum absolute atomic E-state index is 0.0133. The smallest absolute Gasteiger partial charge is 0.230 e. The molecule has 0 atom stereocenters. The van der Waals surface area contributed by atoms with Crippen molar-refractivity contribution in [2.75, 3.05) is 36.9 Å². The number of halogens is 2. The van der Waals surface area contributed by atoms with Crippen molar-refractivity contribution in [2.45, 2.75) is 0 Å². The number of hydrogen-bond acceptors (Lipinski definition) is 6. The van der Waals surface area contributed by atoms with E-state index in [-0.39, 0.29) is 11.0 Å². The van der Waals surface area contributed by atoms with Crippen molar-refractivity contribution in [1.29, 1.82) is 0 Å². The third-order valence-corrected chi connectivity index (χ3v) is 3.40. The average Bonchev–Trinajstić information content (AvgIpc) is 2.50. The van der Waals surface area contributed by atoms with E-state index in [2.05, 4.69) is 15.0 Å². The van der Waals surface area contributed by atoms with Crippen molar-refractivity contribution in [3.05, 3.63) is 29.0 Å². The van der Waals surface area contributed by atoms with Crippen LogP contribution >= 0.6 is 11.6 Å². The molecule has 110 valence electrons. The fraction of sp³-hybridized carbons (Fsp3) is 0.308. The molecule has 0 amide bonds. The molecular weight excluding hydrogens is 297 g/mol. The second kappa shape index (κ2) is 5.79. The largest absolute Gasteiger partial charge is 0.378 e. The van der Waals surface area contributed by atoms with Crippen molar-refractivity contribution >= 4 is 23.5 Å². The molecule has 8 heteroatoms. The molecule has 0 radical (unpaired) electrons. The molecule has 1 aromatic carbocycles. The molecule has 1 aliphatic heterocycles. The van der Waals surface area contributed by atoms with E-state index in [0.29, 0.717) is 43.6 Å². The number of morpholine rings is 1. The highest BCUT2D eigenvalue weighted by molar-refractivity contribution is 6.31. The molecule has 6 nitrogen and oxygen atoms in total. The molecule has 0 spiro atoms. The molecule has 1 aromatic heterocycles. The van der Waals surface area contributed by atoms with Gasteiger partial charge in [-0.05, 0) is 18.2 Å². The molecule has 2 N–H and O–H groups in total. The number of anilines is 2. The number of nitrogens with two attached hydrogens (primary N) is 1. The quantitative estimate of drug-likeness (QED) is 0.910. The number of nitrogen functional groups attached to an aromatic ring is 1. The lowest BCUT2D eigenvalue weighted by Crippen LogP contribution is -2.37. The third kappa shape index (κ3) is 3.03. The Morgan fingerprint density at radius 3 is 2.67 bits per heavy atom. The lowest BCUT2D eigenvalue weighted by atomic mass is 10.2. The van der Waals surface area contributed by atoms with Crippen molar-refractivity contribution in [2.24, 2.45) is 0 Å². The Morgan fingerprint density at radius 1 is 1.19 bits per heavy atom. The number of hydrogen-bond donors (Lipinski definition) is 1. The molecule has 1 aliphatic rings. The van der Waals surface area contributed by atoms with E-state index in [1.165, 1.54) is 12.1 Å². The van der Waals surface area contributed by atoms with Crippen LogP contribution in [0.15, 0.2) is 18.2 Å². The molecule has 0 saturated carbocycles. The van der Waals surface area contributed by atoms with Crippen LogP contribution in [0.5, 0.6) is 0 Å². The van der Waals surface area contributed by atoms with Crippen molar-refractivity contribution in [3.8, 4) is 11.4 Å². The summed E-state index contributed by atoms with van der Waals surface area (Å²) in [5, 5.41) is 0.0133. The summed E-state index contributed by atoms with van der Waals surface area (Å²) in [6.45, 7) is 2.60. The number of rotatable bonds is 2. The fourth-order valence-corrected chi connectivity index (χ4v) is 2.23. The summed E-state index contributed by atoms with van der Waals surface area (Å²) in [5.41, 5.74) is 6.33. The molecule has 0 aliphatic carbocycles. The van der Waals surface area contributed by atoms with Gasteiger partial charge in [0, 0.05) is 18.7 Å². The van der Waals surface area contributed by atoms with Crippen molar-refractivity contribution in [1.82, 2.24) is 15.0 Å². The average molecular weight is 310 g/mol. The maximum absolute atomic E-state index is 13.2. The first-order valence-electron chi connectivity index (χ1n) is 6.43. The molecule has 0 unspecified atom stereocenters. The van der Waals surface area contributed by atoms with E-state index in [0.717, 1.165) is 0 Å². The van der Waals surface area contributed by atoms with Gasteiger partial charge in [0.1, 0.15) is 5.82 Å². The van der Waals surface area contributed by atoms with Crippen LogP contribution in [0.4, 0.5) is 16.3 Å². The summed E-state index contributed by atoms with van der Waals surface area (Å²) in [5.74, 6) is 0.477. The van der Waals surface area contributed by atoms with Crippen LogP contribution in [-0.2, 0) is 4.74 Å². The first-order valence-corrected chi connectivity index (χ1v) is 6.81. The number of nitrogens with zero attached hydrogens (tertiary/aromatic N) is 4. The lowest BCUT2D eigenvalue weighted by molar-refractivity contribution is 0.122. The van der Waals surface area contributed by atoms with Crippen LogP contribution in [-0.4, -0.2) is 41.3 Å². The highest BCUT2D eigenvalue weighted by Crippen LogP contribution is 2.24. The van der Waals surface area contributed by atoms with Crippen LogP contribution < -0.4 is 10.6 Å². The summed E-state index contributed by atoms with van der Waals surface area (Å²) in [6.07, 6.45) is 0. The van der Waals surface area contributed by atoms with E-state index < -0.39 is 5.82 Å². The van der Waals surface area contributed by atoms with E-state index in [9.17, 15) is 4.39 Å². The summed E-state index contributed by atoms with van der Waals surface area (Å²) in [4.78, 5) is 14.6. The van der Waals surface area contributed by atoms with Gasteiger partial charge in [-0.2, -0.15) is 15.0 Å².